The van der Waals surface area contributed by atoms with Gasteiger partial charge in [0.25, 0.3) is 0 Å². The Bertz CT molecular complexity index is 299. The van der Waals surface area contributed by atoms with Crippen molar-refractivity contribution in [1.82, 2.24) is 5.32 Å². The number of hydrogen-bond donors (Lipinski definition) is 3. The van der Waals surface area contributed by atoms with E-state index < -0.39 is 0 Å². The molecule has 70 valence electrons. The van der Waals surface area contributed by atoms with Crippen molar-refractivity contribution in [3.63, 3.8) is 0 Å². The summed E-state index contributed by atoms with van der Waals surface area (Å²) in [5, 5.41) is 9.70. The minimum atomic E-state index is -0.0252. The second kappa shape index (κ2) is 4.35. The molecule has 0 bridgehead atoms. The van der Waals surface area contributed by atoms with Crippen LogP contribution in [-0.2, 0) is 6.54 Å². The fourth-order valence-corrected chi connectivity index (χ4v) is 0.980. The van der Waals surface area contributed by atoms with Crippen LogP contribution in [0.25, 0.3) is 0 Å². The van der Waals surface area contributed by atoms with Gasteiger partial charge < -0.3 is 15.8 Å². The van der Waals surface area contributed by atoms with E-state index in [0.29, 0.717) is 6.54 Å². The molecule has 1 rings (SSSR count). The Morgan fingerprint density at radius 1 is 1.62 bits per heavy atom. The first-order chi connectivity index (χ1) is 6.22. The average molecular weight is 179 g/mol. The SMILES string of the molecule is COc1cccc(CNC(=N)N)c1. The number of ether oxygens (including phenoxy) is 1. The summed E-state index contributed by atoms with van der Waals surface area (Å²) in [4.78, 5) is 0. The van der Waals surface area contributed by atoms with Gasteiger partial charge in [0.05, 0.1) is 7.11 Å². The third-order valence-corrected chi connectivity index (χ3v) is 1.62. The van der Waals surface area contributed by atoms with E-state index >= 15 is 0 Å². The van der Waals surface area contributed by atoms with Gasteiger partial charge in [0.2, 0.25) is 0 Å². The molecule has 4 heteroatoms. The third-order valence-electron chi connectivity index (χ3n) is 1.62. The lowest BCUT2D eigenvalue weighted by Gasteiger charge is -2.05. The van der Waals surface area contributed by atoms with Crippen LogP contribution in [0.4, 0.5) is 0 Å². The third kappa shape index (κ3) is 3.02. The summed E-state index contributed by atoms with van der Waals surface area (Å²) in [5.41, 5.74) is 6.19. The van der Waals surface area contributed by atoms with Gasteiger partial charge >= 0.3 is 0 Å². The maximum atomic E-state index is 6.98. The molecule has 4 N–H and O–H groups in total. The summed E-state index contributed by atoms with van der Waals surface area (Å²) in [7, 11) is 1.62. The van der Waals surface area contributed by atoms with Crippen LogP contribution in [0, 0.1) is 5.41 Å². The number of nitrogens with two attached hydrogens (primary N) is 1. The quantitative estimate of drug-likeness (QED) is 0.472. The molecule has 1 aromatic rings. The van der Waals surface area contributed by atoms with Crippen LogP contribution in [-0.4, -0.2) is 13.1 Å². The summed E-state index contributed by atoms with van der Waals surface area (Å²) < 4.78 is 5.05. The molecule has 0 radical (unpaired) electrons. The van der Waals surface area contributed by atoms with Gasteiger partial charge in [-0.25, -0.2) is 0 Å². The van der Waals surface area contributed by atoms with Gasteiger partial charge in [0.15, 0.2) is 5.96 Å². The molecule has 0 fully saturated rings. The Hall–Kier alpha value is -1.71. The lowest BCUT2D eigenvalue weighted by molar-refractivity contribution is 0.414. The zero-order valence-corrected chi connectivity index (χ0v) is 7.50. The van der Waals surface area contributed by atoms with Gasteiger partial charge in [-0.1, -0.05) is 12.1 Å². The zero-order chi connectivity index (χ0) is 9.68. The van der Waals surface area contributed by atoms with Gasteiger partial charge in [-0.3, -0.25) is 5.41 Å². The normalized spacial score (nSPS) is 9.31. The Labute approximate surface area is 77.2 Å². The van der Waals surface area contributed by atoms with Crippen LogP contribution in [0.2, 0.25) is 0 Å². The van der Waals surface area contributed by atoms with Gasteiger partial charge in [0.1, 0.15) is 5.75 Å². The van der Waals surface area contributed by atoms with Crippen LogP contribution < -0.4 is 15.8 Å². The molecule has 0 aliphatic rings. The number of rotatable bonds is 3. The van der Waals surface area contributed by atoms with Crippen molar-refractivity contribution in [2.45, 2.75) is 6.54 Å². The second-order valence-corrected chi connectivity index (χ2v) is 2.62. The topological polar surface area (TPSA) is 71.1 Å². The number of benzene rings is 1. The molecule has 0 spiro atoms. The smallest absolute Gasteiger partial charge is 0.185 e. The number of methoxy groups -OCH3 is 1. The van der Waals surface area contributed by atoms with E-state index in [0.717, 1.165) is 11.3 Å². The van der Waals surface area contributed by atoms with Crippen LogP contribution >= 0.6 is 0 Å². The molecule has 1 aromatic carbocycles. The van der Waals surface area contributed by atoms with Crippen molar-refractivity contribution in [3.05, 3.63) is 29.8 Å². The van der Waals surface area contributed by atoms with Gasteiger partial charge in [-0.05, 0) is 17.7 Å². The minimum Gasteiger partial charge on any atom is -0.497 e. The first-order valence-electron chi connectivity index (χ1n) is 3.93. The van der Waals surface area contributed by atoms with E-state index in [1.807, 2.05) is 24.3 Å². The Morgan fingerprint density at radius 2 is 2.38 bits per heavy atom. The molecular formula is C9H13N3O. The zero-order valence-electron chi connectivity index (χ0n) is 7.50. The van der Waals surface area contributed by atoms with E-state index in [1.54, 1.807) is 7.11 Å². The van der Waals surface area contributed by atoms with Crippen LogP contribution in [0.1, 0.15) is 5.56 Å². The highest BCUT2D eigenvalue weighted by Crippen LogP contribution is 2.11. The Kier molecular flexibility index (Phi) is 3.14. The van der Waals surface area contributed by atoms with Crippen molar-refractivity contribution in [3.8, 4) is 5.75 Å². The highest BCUT2D eigenvalue weighted by atomic mass is 16.5. The molecule has 0 heterocycles. The van der Waals surface area contributed by atoms with Crippen molar-refractivity contribution in [1.29, 1.82) is 5.41 Å². The minimum absolute atomic E-state index is 0.0252. The van der Waals surface area contributed by atoms with Crippen LogP contribution in [0.5, 0.6) is 5.75 Å². The molecule has 0 aromatic heterocycles. The molecule has 0 unspecified atom stereocenters. The van der Waals surface area contributed by atoms with Crippen LogP contribution in [0.3, 0.4) is 0 Å². The van der Waals surface area contributed by atoms with E-state index in [2.05, 4.69) is 5.32 Å². The summed E-state index contributed by atoms with van der Waals surface area (Å²) in [6.45, 7) is 0.548. The fraction of sp³-hybridized carbons (Fsp3) is 0.222. The van der Waals surface area contributed by atoms with E-state index in [1.165, 1.54) is 0 Å². The first kappa shape index (κ1) is 9.38. The van der Waals surface area contributed by atoms with E-state index in [4.69, 9.17) is 15.9 Å². The maximum absolute atomic E-state index is 6.98. The molecule has 0 amide bonds. The summed E-state index contributed by atoms with van der Waals surface area (Å²) in [6, 6.07) is 7.61. The monoisotopic (exact) mass is 179 g/mol. The lowest BCUT2D eigenvalue weighted by atomic mass is 10.2. The van der Waals surface area contributed by atoms with Crippen molar-refractivity contribution in [2.75, 3.05) is 7.11 Å². The molecule has 0 aliphatic heterocycles. The predicted molar refractivity (Wildman–Crippen MR) is 51.7 cm³/mol. The predicted octanol–water partition coefficient (Wildman–Crippen LogP) is 0.678. The summed E-state index contributed by atoms with van der Waals surface area (Å²) in [6.07, 6.45) is 0. The number of nitrogens with one attached hydrogen (secondary N) is 2. The molecule has 13 heavy (non-hydrogen) atoms. The molecule has 0 aliphatic carbocycles. The molecule has 0 saturated heterocycles. The summed E-state index contributed by atoms with van der Waals surface area (Å²) in [5.74, 6) is 0.783. The van der Waals surface area contributed by atoms with E-state index in [9.17, 15) is 0 Å². The summed E-state index contributed by atoms with van der Waals surface area (Å²) >= 11 is 0. The molecule has 0 atom stereocenters. The second-order valence-electron chi connectivity index (χ2n) is 2.62. The highest BCUT2D eigenvalue weighted by molar-refractivity contribution is 5.74. The largest absolute Gasteiger partial charge is 0.497 e. The van der Waals surface area contributed by atoms with E-state index in [-0.39, 0.29) is 5.96 Å². The maximum Gasteiger partial charge on any atom is 0.185 e. The lowest BCUT2D eigenvalue weighted by Crippen LogP contribution is -2.29. The Morgan fingerprint density at radius 3 is 3.00 bits per heavy atom. The number of hydrogen-bond acceptors (Lipinski definition) is 2. The van der Waals surface area contributed by atoms with Crippen LogP contribution in [0.15, 0.2) is 24.3 Å². The first-order valence-corrected chi connectivity index (χ1v) is 3.93. The number of guanidine groups is 1. The molecular weight excluding hydrogens is 166 g/mol. The Balaban J connectivity index is 2.61. The average Bonchev–Trinajstić information content (AvgIpc) is 2.15. The van der Waals surface area contributed by atoms with Gasteiger partial charge in [-0.15, -0.1) is 0 Å². The van der Waals surface area contributed by atoms with Gasteiger partial charge in [0, 0.05) is 6.54 Å². The standard InChI is InChI=1S/C9H13N3O/c1-13-8-4-2-3-7(5-8)6-12-9(10)11/h2-5H,6H2,1H3,(H4,10,11,12). The van der Waals surface area contributed by atoms with Crippen molar-refractivity contribution >= 4 is 5.96 Å². The van der Waals surface area contributed by atoms with Crippen molar-refractivity contribution in [2.24, 2.45) is 5.73 Å². The van der Waals surface area contributed by atoms with Crippen molar-refractivity contribution < 1.29 is 4.74 Å². The molecule has 0 saturated carbocycles. The van der Waals surface area contributed by atoms with Gasteiger partial charge in [-0.2, -0.15) is 0 Å². The molecule has 4 nitrogen and oxygen atoms in total. The highest BCUT2D eigenvalue weighted by Gasteiger charge is 1.95. The fourth-order valence-electron chi connectivity index (χ4n) is 0.980.